The van der Waals surface area contributed by atoms with E-state index in [2.05, 4.69) is 15.3 Å². The Hall–Kier alpha value is -2.32. The van der Waals surface area contributed by atoms with Crippen molar-refractivity contribution in [3.63, 3.8) is 0 Å². The van der Waals surface area contributed by atoms with Gasteiger partial charge in [0.05, 0.1) is 19.3 Å². The molecule has 0 saturated heterocycles. The number of alkyl carbamates (subject to hydrolysis) is 1. The van der Waals surface area contributed by atoms with E-state index in [1.807, 2.05) is 30.3 Å². The highest BCUT2D eigenvalue weighted by Crippen LogP contribution is 2.16. The van der Waals surface area contributed by atoms with Crippen LogP contribution in [0.1, 0.15) is 39.2 Å². The molecule has 156 valence electrons. The zero-order valence-electron chi connectivity index (χ0n) is 16.6. The van der Waals surface area contributed by atoms with Gasteiger partial charge in [-0.2, -0.15) is 0 Å². The molecule has 0 fully saturated rings. The summed E-state index contributed by atoms with van der Waals surface area (Å²) in [6, 6.07) is 8.72. The molecule has 0 saturated carbocycles. The smallest absolute Gasteiger partial charge is 0.407 e. The van der Waals surface area contributed by atoms with Crippen LogP contribution in [-0.4, -0.2) is 53.3 Å². The fourth-order valence-electron chi connectivity index (χ4n) is 2.57. The van der Waals surface area contributed by atoms with Gasteiger partial charge in [-0.1, -0.05) is 35.4 Å². The molecule has 1 amide bonds. The Morgan fingerprint density at radius 2 is 2.00 bits per heavy atom. The van der Waals surface area contributed by atoms with Crippen molar-refractivity contribution in [2.45, 2.75) is 64.1 Å². The van der Waals surface area contributed by atoms with Crippen molar-refractivity contribution in [3.05, 3.63) is 46.3 Å². The number of amides is 1. The second-order valence-corrected chi connectivity index (χ2v) is 7.36. The van der Waals surface area contributed by atoms with Crippen LogP contribution in [0, 0.1) is 0 Å². The molecular weight excluding hydrogens is 364 g/mol. The first kappa shape index (κ1) is 23.7. The minimum Gasteiger partial charge on any atom is -0.444 e. The van der Waals surface area contributed by atoms with Crippen LogP contribution in [0.2, 0.25) is 0 Å². The van der Waals surface area contributed by atoms with Gasteiger partial charge in [-0.25, -0.2) is 4.79 Å². The number of hydrogen-bond acceptors (Lipinski definition) is 6. The minimum absolute atomic E-state index is 0.200. The number of aliphatic hydroxyl groups excluding tert-OH is 2. The molecule has 1 rings (SSSR count). The molecule has 9 heteroatoms. The lowest BCUT2D eigenvalue weighted by Crippen LogP contribution is -2.51. The van der Waals surface area contributed by atoms with E-state index in [1.165, 1.54) is 0 Å². The molecule has 0 aromatic heterocycles. The lowest BCUT2D eigenvalue weighted by molar-refractivity contribution is -0.0830. The number of nitrogens with one attached hydrogen (secondary N) is 1. The van der Waals surface area contributed by atoms with E-state index in [0.29, 0.717) is 12.8 Å². The van der Waals surface area contributed by atoms with Crippen molar-refractivity contribution >= 4 is 6.09 Å². The molecule has 0 aliphatic heterocycles. The third-order valence-electron chi connectivity index (χ3n) is 3.79. The Bertz CT molecular complexity index is 629. The van der Waals surface area contributed by atoms with Crippen LogP contribution in [0.25, 0.3) is 10.4 Å². The standard InChI is InChI=1S/C19H30N4O5/c1-19(2,3)28-18(26)22-15(10-7-11-21-23-20)17(16(25)12-24)27-13-14-8-5-4-6-9-14/h4-6,8-9,15-17,24-25H,7,10-13H2,1-3H3,(H,22,26)/t15-,16-,17+/m0/s1. The molecule has 28 heavy (non-hydrogen) atoms. The molecule has 0 aliphatic rings. The average Bonchev–Trinajstić information content (AvgIpc) is 2.64. The van der Waals surface area contributed by atoms with Crippen molar-refractivity contribution < 1.29 is 24.5 Å². The van der Waals surface area contributed by atoms with Gasteiger partial charge in [0.25, 0.3) is 0 Å². The number of benzene rings is 1. The molecule has 0 radical (unpaired) electrons. The summed E-state index contributed by atoms with van der Waals surface area (Å²) in [4.78, 5) is 14.9. The van der Waals surface area contributed by atoms with Gasteiger partial charge in [-0.15, -0.1) is 0 Å². The molecule has 0 heterocycles. The monoisotopic (exact) mass is 394 g/mol. The maximum atomic E-state index is 12.2. The molecule has 1 aromatic carbocycles. The van der Waals surface area contributed by atoms with E-state index in [0.717, 1.165) is 5.56 Å². The van der Waals surface area contributed by atoms with Crippen molar-refractivity contribution in [2.75, 3.05) is 13.2 Å². The Labute approximate surface area is 165 Å². The quantitative estimate of drug-likeness (QED) is 0.229. The summed E-state index contributed by atoms with van der Waals surface area (Å²) in [6.45, 7) is 5.15. The van der Waals surface area contributed by atoms with Crippen LogP contribution < -0.4 is 5.32 Å². The van der Waals surface area contributed by atoms with Gasteiger partial charge in [-0.3, -0.25) is 0 Å². The van der Waals surface area contributed by atoms with Crippen LogP contribution in [-0.2, 0) is 16.1 Å². The van der Waals surface area contributed by atoms with E-state index < -0.39 is 36.6 Å². The van der Waals surface area contributed by atoms with Crippen LogP contribution in [0.15, 0.2) is 35.4 Å². The summed E-state index contributed by atoms with van der Waals surface area (Å²) in [6.07, 6.45) is -1.89. The highest BCUT2D eigenvalue weighted by atomic mass is 16.6. The summed E-state index contributed by atoms with van der Waals surface area (Å²) in [5.74, 6) is 0. The third kappa shape index (κ3) is 9.57. The van der Waals surface area contributed by atoms with Crippen molar-refractivity contribution in [1.29, 1.82) is 0 Å². The molecule has 9 nitrogen and oxygen atoms in total. The van der Waals surface area contributed by atoms with Gasteiger partial charge < -0.3 is 25.0 Å². The lowest BCUT2D eigenvalue weighted by Gasteiger charge is -2.32. The number of azide groups is 1. The van der Waals surface area contributed by atoms with E-state index >= 15 is 0 Å². The van der Waals surface area contributed by atoms with E-state index in [1.54, 1.807) is 20.8 Å². The molecule has 0 bridgehead atoms. The van der Waals surface area contributed by atoms with Gasteiger partial charge in [0.1, 0.15) is 17.8 Å². The molecule has 3 atom stereocenters. The van der Waals surface area contributed by atoms with Crippen LogP contribution in [0.4, 0.5) is 4.79 Å². The second kappa shape index (κ2) is 12.2. The van der Waals surface area contributed by atoms with Crippen LogP contribution in [0.3, 0.4) is 0 Å². The Morgan fingerprint density at radius 1 is 1.32 bits per heavy atom. The number of nitrogens with zero attached hydrogens (tertiary/aromatic N) is 3. The van der Waals surface area contributed by atoms with Gasteiger partial charge in [0.15, 0.2) is 0 Å². The topological polar surface area (TPSA) is 137 Å². The summed E-state index contributed by atoms with van der Waals surface area (Å²) < 4.78 is 11.1. The first-order chi connectivity index (χ1) is 13.3. The number of ether oxygens (including phenoxy) is 2. The predicted molar refractivity (Wildman–Crippen MR) is 105 cm³/mol. The third-order valence-corrected chi connectivity index (χ3v) is 3.79. The first-order valence-corrected chi connectivity index (χ1v) is 9.21. The van der Waals surface area contributed by atoms with E-state index in [9.17, 15) is 15.0 Å². The van der Waals surface area contributed by atoms with Gasteiger partial charge in [-0.05, 0) is 44.7 Å². The maximum absolute atomic E-state index is 12.2. The minimum atomic E-state index is -1.21. The van der Waals surface area contributed by atoms with Gasteiger partial charge in [0.2, 0.25) is 0 Å². The SMILES string of the molecule is CC(C)(C)OC(=O)N[C@@H](CCCN=[N+]=[N-])[C@@H](OCc1ccccc1)[C@@H](O)CO. The molecule has 3 N–H and O–H groups in total. The second-order valence-electron chi connectivity index (χ2n) is 7.36. The zero-order chi connectivity index (χ0) is 21.0. The first-order valence-electron chi connectivity index (χ1n) is 9.21. The Balaban J connectivity index is 2.89. The number of carbonyl (C=O) groups is 1. The summed E-state index contributed by atoms with van der Waals surface area (Å²) in [5, 5.41) is 25.9. The number of rotatable bonds is 11. The Kier molecular flexibility index (Phi) is 10.3. The highest BCUT2D eigenvalue weighted by Gasteiger charge is 2.31. The fraction of sp³-hybridized carbons (Fsp3) is 0.632. The fourth-order valence-corrected chi connectivity index (χ4v) is 2.57. The predicted octanol–water partition coefficient (Wildman–Crippen LogP) is 2.91. The molecule has 0 aliphatic carbocycles. The number of hydrogen-bond donors (Lipinski definition) is 3. The zero-order valence-corrected chi connectivity index (χ0v) is 16.6. The van der Waals surface area contributed by atoms with Crippen molar-refractivity contribution in [3.8, 4) is 0 Å². The largest absolute Gasteiger partial charge is 0.444 e. The summed E-state index contributed by atoms with van der Waals surface area (Å²) >= 11 is 0. The van der Waals surface area contributed by atoms with Gasteiger partial charge in [0, 0.05) is 11.5 Å². The summed E-state index contributed by atoms with van der Waals surface area (Å²) in [7, 11) is 0. The van der Waals surface area contributed by atoms with Crippen LogP contribution >= 0.6 is 0 Å². The maximum Gasteiger partial charge on any atom is 0.407 e. The van der Waals surface area contributed by atoms with Gasteiger partial charge >= 0.3 is 6.09 Å². The molecule has 1 aromatic rings. The highest BCUT2D eigenvalue weighted by molar-refractivity contribution is 5.68. The number of aliphatic hydroxyl groups is 2. The van der Waals surface area contributed by atoms with Crippen molar-refractivity contribution in [1.82, 2.24) is 5.32 Å². The van der Waals surface area contributed by atoms with E-state index in [4.69, 9.17) is 15.0 Å². The van der Waals surface area contributed by atoms with Crippen LogP contribution in [0.5, 0.6) is 0 Å². The molecule has 0 unspecified atom stereocenters. The molecular formula is C19H30N4O5. The average molecular weight is 394 g/mol. The van der Waals surface area contributed by atoms with E-state index in [-0.39, 0.29) is 13.2 Å². The van der Waals surface area contributed by atoms with Crippen molar-refractivity contribution in [2.24, 2.45) is 5.11 Å². The Morgan fingerprint density at radius 3 is 2.57 bits per heavy atom. The lowest BCUT2D eigenvalue weighted by atomic mass is 10.0. The molecule has 0 spiro atoms. The summed E-state index contributed by atoms with van der Waals surface area (Å²) in [5.41, 5.74) is 8.63. The normalized spacial score (nSPS) is 14.5. The number of carbonyl (C=O) groups excluding carboxylic acids is 1.